The third-order valence-electron chi connectivity index (χ3n) is 1.22. The van der Waals surface area contributed by atoms with Crippen LogP contribution in [0.25, 0.3) is 0 Å². The van der Waals surface area contributed by atoms with Crippen molar-refractivity contribution in [1.82, 2.24) is 0 Å². The Bertz CT molecular complexity index is 228. The van der Waals surface area contributed by atoms with E-state index >= 15 is 0 Å². The number of hydrogen-bond donors (Lipinski definition) is 0. The topological polar surface area (TPSA) is 52.6 Å². The zero-order valence-corrected chi connectivity index (χ0v) is 8.28. The maximum atomic E-state index is 11.6. The van der Waals surface area contributed by atoms with Crippen LogP contribution >= 0.6 is 0 Å². The molecule has 0 fully saturated rings. The Labute approximate surface area is 81.0 Å². The van der Waals surface area contributed by atoms with Gasteiger partial charge in [0.25, 0.3) is 11.1 Å². The van der Waals surface area contributed by atoms with Crippen molar-refractivity contribution in [2.75, 3.05) is 13.7 Å². The standard InChI is InChI=1S/C6H9F3O4S/c1-4(5(10)12-2)3-13-14(11)6(7,8)9/h4H,3H2,1-2H3/t4-,14?/m1/s1. The molecule has 0 aromatic heterocycles. The highest BCUT2D eigenvalue weighted by atomic mass is 32.2. The summed E-state index contributed by atoms with van der Waals surface area (Å²) in [4.78, 5) is 10.7. The average Bonchev–Trinajstić information content (AvgIpc) is 2.10. The van der Waals surface area contributed by atoms with Crippen LogP contribution in [0.2, 0.25) is 0 Å². The molecule has 0 aliphatic heterocycles. The maximum absolute atomic E-state index is 11.6. The van der Waals surface area contributed by atoms with E-state index < -0.39 is 35.1 Å². The van der Waals surface area contributed by atoms with Gasteiger partial charge in [-0.1, -0.05) is 0 Å². The summed E-state index contributed by atoms with van der Waals surface area (Å²) in [6, 6.07) is 0. The molecule has 0 N–H and O–H groups in total. The molecule has 2 atom stereocenters. The van der Waals surface area contributed by atoms with E-state index in [1.807, 2.05) is 0 Å². The van der Waals surface area contributed by atoms with Crippen LogP contribution in [0.3, 0.4) is 0 Å². The van der Waals surface area contributed by atoms with Crippen LogP contribution in [-0.4, -0.2) is 29.4 Å². The number of methoxy groups -OCH3 is 1. The first-order chi connectivity index (χ1) is 6.29. The van der Waals surface area contributed by atoms with Crippen molar-refractivity contribution in [2.45, 2.75) is 12.4 Å². The molecule has 0 aliphatic rings. The lowest BCUT2D eigenvalue weighted by molar-refractivity contribution is -0.145. The lowest BCUT2D eigenvalue weighted by atomic mass is 10.2. The number of halogens is 3. The highest BCUT2D eigenvalue weighted by Gasteiger charge is 2.39. The van der Waals surface area contributed by atoms with Crippen molar-refractivity contribution in [3.63, 3.8) is 0 Å². The molecular formula is C6H9F3O4S. The van der Waals surface area contributed by atoms with Crippen molar-refractivity contribution in [3.05, 3.63) is 0 Å². The van der Waals surface area contributed by atoms with E-state index in [0.717, 1.165) is 7.11 Å². The van der Waals surface area contributed by atoms with E-state index in [1.165, 1.54) is 6.92 Å². The zero-order valence-electron chi connectivity index (χ0n) is 7.46. The molecule has 8 heteroatoms. The van der Waals surface area contributed by atoms with Crippen LogP contribution < -0.4 is 0 Å². The average molecular weight is 234 g/mol. The van der Waals surface area contributed by atoms with Gasteiger partial charge in [-0.25, -0.2) is 4.21 Å². The van der Waals surface area contributed by atoms with E-state index in [-0.39, 0.29) is 0 Å². The van der Waals surface area contributed by atoms with Crippen LogP contribution in [0, 0.1) is 5.92 Å². The second-order valence-corrected chi connectivity index (χ2v) is 3.56. The molecule has 0 bridgehead atoms. The number of esters is 1. The van der Waals surface area contributed by atoms with E-state index in [2.05, 4.69) is 8.92 Å². The van der Waals surface area contributed by atoms with E-state index in [4.69, 9.17) is 0 Å². The molecule has 4 nitrogen and oxygen atoms in total. The summed E-state index contributed by atoms with van der Waals surface area (Å²) in [5.74, 6) is -1.60. The van der Waals surface area contributed by atoms with Crippen molar-refractivity contribution >= 4 is 17.0 Å². The molecule has 0 amide bonds. The van der Waals surface area contributed by atoms with Gasteiger partial charge in [-0.15, -0.1) is 0 Å². The third kappa shape index (κ3) is 4.56. The molecule has 0 aromatic rings. The summed E-state index contributed by atoms with van der Waals surface area (Å²) in [5.41, 5.74) is -4.92. The summed E-state index contributed by atoms with van der Waals surface area (Å²) >= 11 is -3.38. The van der Waals surface area contributed by atoms with Crippen LogP contribution in [-0.2, 0) is 24.8 Å². The van der Waals surface area contributed by atoms with E-state index in [9.17, 15) is 22.2 Å². The second-order valence-electron chi connectivity index (χ2n) is 2.39. The van der Waals surface area contributed by atoms with Gasteiger partial charge in [0.15, 0.2) is 0 Å². The third-order valence-corrected chi connectivity index (χ3v) is 1.95. The van der Waals surface area contributed by atoms with Crippen LogP contribution in [0.1, 0.15) is 6.92 Å². The smallest absolute Gasteiger partial charge is 0.469 e. The number of carbonyl (C=O) groups excluding carboxylic acids is 1. The molecule has 0 heterocycles. The largest absolute Gasteiger partial charge is 0.497 e. The fourth-order valence-corrected chi connectivity index (χ4v) is 0.961. The van der Waals surface area contributed by atoms with E-state index in [1.54, 1.807) is 0 Å². The van der Waals surface area contributed by atoms with Gasteiger partial charge in [-0.05, 0) is 6.92 Å². The fraction of sp³-hybridized carbons (Fsp3) is 0.833. The van der Waals surface area contributed by atoms with Gasteiger partial charge in [0.1, 0.15) is 0 Å². The van der Waals surface area contributed by atoms with Crippen molar-refractivity contribution in [3.8, 4) is 0 Å². The lowest BCUT2D eigenvalue weighted by Crippen LogP contribution is -2.24. The lowest BCUT2D eigenvalue weighted by Gasteiger charge is -2.10. The number of ether oxygens (including phenoxy) is 1. The normalized spacial score (nSPS) is 16.1. The molecule has 0 radical (unpaired) electrons. The first-order valence-electron chi connectivity index (χ1n) is 3.48. The maximum Gasteiger partial charge on any atom is 0.497 e. The predicted molar refractivity (Wildman–Crippen MR) is 41.3 cm³/mol. The second kappa shape index (κ2) is 5.30. The highest BCUT2D eigenvalue weighted by Crippen LogP contribution is 2.21. The Balaban J connectivity index is 3.96. The molecule has 1 unspecified atom stereocenters. The van der Waals surface area contributed by atoms with Gasteiger partial charge in [0, 0.05) is 0 Å². The number of carbonyl (C=O) groups is 1. The minimum atomic E-state index is -4.92. The van der Waals surface area contributed by atoms with E-state index in [0.29, 0.717) is 0 Å². The Hall–Kier alpha value is -0.630. The van der Waals surface area contributed by atoms with Crippen molar-refractivity contribution in [2.24, 2.45) is 5.92 Å². The number of rotatable bonds is 4. The van der Waals surface area contributed by atoms with Gasteiger partial charge < -0.3 is 4.74 Å². The summed E-state index contributed by atoms with van der Waals surface area (Å²) in [5, 5.41) is 0. The molecular weight excluding hydrogens is 225 g/mol. The van der Waals surface area contributed by atoms with Crippen molar-refractivity contribution < 1.29 is 31.1 Å². The first-order valence-corrected chi connectivity index (χ1v) is 4.56. The highest BCUT2D eigenvalue weighted by molar-refractivity contribution is 7.81. The fourth-order valence-electron chi connectivity index (χ4n) is 0.500. The van der Waals surface area contributed by atoms with Crippen LogP contribution in [0.5, 0.6) is 0 Å². The van der Waals surface area contributed by atoms with Gasteiger partial charge in [-0.3, -0.25) is 8.98 Å². The summed E-state index contributed by atoms with van der Waals surface area (Å²) in [6.45, 7) is 0.707. The first kappa shape index (κ1) is 13.4. The zero-order chi connectivity index (χ0) is 11.4. The van der Waals surface area contributed by atoms with Crippen LogP contribution in [0.4, 0.5) is 13.2 Å². The minimum Gasteiger partial charge on any atom is -0.469 e. The summed E-state index contributed by atoms with van der Waals surface area (Å²) in [7, 11) is 1.10. The Morgan fingerprint density at radius 3 is 2.36 bits per heavy atom. The van der Waals surface area contributed by atoms with Gasteiger partial charge in [0.05, 0.1) is 19.6 Å². The Morgan fingerprint density at radius 2 is 2.00 bits per heavy atom. The van der Waals surface area contributed by atoms with Crippen LogP contribution in [0.15, 0.2) is 0 Å². The summed E-state index contributed by atoms with van der Waals surface area (Å²) in [6.07, 6.45) is 0. The van der Waals surface area contributed by atoms with Gasteiger partial charge in [0.2, 0.25) is 0 Å². The SMILES string of the molecule is COC(=O)[C@H](C)COS(=O)C(F)(F)F. The van der Waals surface area contributed by atoms with Crippen molar-refractivity contribution in [1.29, 1.82) is 0 Å². The predicted octanol–water partition coefficient (Wildman–Crippen LogP) is 0.996. The Morgan fingerprint density at radius 1 is 1.50 bits per heavy atom. The molecule has 0 aromatic carbocycles. The molecule has 84 valence electrons. The molecule has 0 saturated heterocycles. The number of alkyl halides is 3. The summed E-state index contributed by atoms with van der Waals surface area (Å²) < 4.78 is 53.4. The monoisotopic (exact) mass is 234 g/mol. The molecule has 0 spiro atoms. The Kier molecular flexibility index (Phi) is 5.06. The quantitative estimate of drug-likeness (QED) is 0.681. The number of hydrogen-bond acceptors (Lipinski definition) is 4. The minimum absolute atomic E-state index is 0.598. The molecule has 0 rings (SSSR count). The van der Waals surface area contributed by atoms with Gasteiger partial charge >= 0.3 is 11.5 Å². The van der Waals surface area contributed by atoms with Gasteiger partial charge in [-0.2, -0.15) is 13.2 Å². The molecule has 14 heavy (non-hydrogen) atoms. The molecule has 0 aliphatic carbocycles. The molecule has 0 saturated carbocycles.